The zero-order chi connectivity index (χ0) is 18.5. The Balaban J connectivity index is 1.90. The number of hydrogen-bond donors (Lipinski definition) is 0. The van der Waals surface area contributed by atoms with Crippen molar-refractivity contribution in [3.63, 3.8) is 0 Å². The van der Waals surface area contributed by atoms with Gasteiger partial charge in [-0.15, -0.1) is 0 Å². The summed E-state index contributed by atoms with van der Waals surface area (Å²) in [6.45, 7) is 6.91. The van der Waals surface area contributed by atoms with Crippen LogP contribution in [0.3, 0.4) is 0 Å². The summed E-state index contributed by atoms with van der Waals surface area (Å²) in [6, 6.07) is 10.9. The van der Waals surface area contributed by atoms with E-state index in [0.29, 0.717) is 0 Å². The van der Waals surface area contributed by atoms with E-state index in [0.717, 1.165) is 6.54 Å². The van der Waals surface area contributed by atoms with Gasteiger partial charge in [0, 0.05) is 6.42 Å². The summed E-state index contributed by atoms with van der Waals surface area (Å²) < 4.78 is 5.05. The first kappa shape index (κ1) is 20.7. The molecule has 0 bridgehead atoms. The van der Waals surface area contributed by atoms with Crippen molar-refractivity contribution >= 4 is 0 Å². The largest absolute Gasteiger partial charge is 0.256 e. The minimum atomic E-state index is 1.14. The Morgan fingerprint density at radius 2 is 1.50 bits per heavy atom. The minimum absolute atomic E-state index is 1.14. The van der Waals surface area contributed by atoms with Crippen molar-refractivity contribution in [1.82, 2.24) is 4.57 Å². The molecule has 0 aliphatic heterocycles. The lowest BCUT2D eigenvalue weighted by atomic mass is 10.1. The van der Waals surface area contributed by atoms with Crippen molar-refractivity contribution in [2.24, 2.45) is 0 Å². The molecule has 2 nitrogen and oxygen atoms in total. The van der Waals surface area contributed by atoms with Crippen molar-refractivity contribution in [3.05, 3.63) is 54.1 Å². The molecule has 0 radical (unpaired) electrons. The first-order valence-corrected chi connectivity index (χ1v) is 11.0. The SMILES string of the molecule is CCCCCCc1n(CCCCCC)cc[n+]1CCCc1ccccc1. The molecule has 0 spiro atoms. The molecule has 1 heterocycles. The van der Waals surface area contributed by atoms with Crippen LogP contribution in [0, 0.1) is 0 Å². The van der Waals surface area contributed by atoms with Crippen LogP contribution in [0.5, 0.6) is 0 Å². The van der Waals surface area contributed by atoms with Gasteiger partial charge in [0.15, 0.2) is 0 Å². The molecule has 0 unspecified atom stereocenters. The fourth-order valence-corrected chi connectivity index (χ4v) is 3.71. The van der Waals surface area contributed by atoms with Crippen LogP contribution < -0.4 is 4.57 Å². The number of benzene rings is 1. The van der Waals surface area contributed by atoms with E-state index in [2.05, 4.69) is 65.7 Å². The van der Waals surface area contributed by atoms with Crippen LogP contribution >= 0.6 is 0 Å². The number of aryl methyl sites for hydroxylation is 3. The lowest BCUT2D eigenvalue weighted by Gasteiger charge is -2.06. The highest BCUT2D eigenvalue weighted by atomic mass is 15.1. The van der Waals surface area contributed by atoms with Crippen molar-refractivity contribution in [1.29, 1.82) is 0 Å². The quantitative estimate of drug-likeness (QED) is 0.285. The molecule has 0 fully saturated rings. The maximum atomic E-state index is 2.53. The van der Waals surface area contributed by atoms with E-state index >= 15 is 0 Å². The van der Waals surface area contributed by atoms with Gasteiger partial charge in [0.05, 0.1) is 13.1 Å². The predicted molar refractivity (Wildman–Crippen MR) is 111 cm³/mol. The summed E-state index contributed by atoms with van der Waals surface area (Å²) in [5.74, 6) is 1.55. The van der Waals surface area contributed by atoms with Gasteiger partial charge in [-0.05, 0) is 37.7 Å². The molecule has 2 aromatic rings. The van der Waals surface area contributed by atoms with E-state index in [9.17, 15) is 0 Å². The zero-order valence-corrected chi connectivity index (χ0v) is 17.1. The van der Waals surface area contributed by atoms with Crippen LogP contribution in [0.1, 0.15) is 83.0 Å². The van der Waals surface area contributed by atoms with Crippen molar-refractivity contribution in [2.45, 2.75) is 97.6 Å². The molecule has 1 aromatic heterocycles. The summed E-state index contributed by atoms with van der Waals surface area (Å²) in [5, 5.41) is 0. The predicted octanol–water partition coefficient (Wildman–Crippen LogP) is 6.11. The van der Waals surface area contributed by atoms with Gasteiger partial charge < -0.3 is 0 Å². The number of hydrogen-bond acceptors (Lipinski definition) is 0. The van der Waals surface area contributed by atoms with Gasteiger partial charge in [-0.25, -0.2) is 9.13 Å². The molecule has 0 saturated heterocycles. The average molecular weight is 356 g/mol. The zero-order valence-electron chi connectivity index (χ0n) is 17.1. The molecule has 0 atom stereocenters. The number of unbranched alkanes of at least 4 members (excludes halogenated alkanes) is 6. The molecule has 26 heavy (non-hydrogen) atoms. The second kappa shape index (κ2) is 12.7. The smallest absolute Gasteiger partial charge is 0.234 e. The summed E-state index contributed by atoms with van der Waals surface area (Å²) >= 11 is 0. The Labute approximate surface area is 161 Å². The molecule has 1 aromatic carbocycles. The average Bonchev–Trinajstić information content (AvgIpc) is 3.05. The van der Waals surface area contributed by atoms with Crippen LogP contribution in [0.4, 0.5) is 0 Å². The first-order chi connectivity index (χ1) is 12.8. The van der Waals surface area contributed by atoms with Gasteiger partial charge in [-0.2, -0.15) is 0 Å². The molecule has 0 aliphatic carbocycles. The fraction of sp³-hybridized carbons (Fsp3) is 0.625. The third-order valence-corrected chi connectivity index (χ3v) is 5.30. The Hall–Kier alpha value is -1.57. The van der Waals surface area contributed by atoms with Crippen LogP contribution in [-0.4, -0.2) is 4.57 Å². The Morgan fingerprint density at radius 1 is 0.769 bits per heavy atom. The second-order valence-corrected chi connectivity index (χ2v) is 7.56. The van der Waals surface area contributed by atoms with Crippen LogP contribution in [0.25, 0.3) is 0 Å². The highest BCUT2D eigenvalue weighted by Gasteiger charge is 2.16. The Bertz CT molecular complexity index is 586. The maximum absolute atomic E-state index is 2.53. The molecular weight excluding hydrogens is 316 g/mol. The number of aromatic nitrogens is 2. The summed E-state index contributed by atoms with van der Waals surface area (Å²) in [6.07, 6.45) is 19.0. The molecule has 0 saturated carbocycles. The Kier molecular flexibility index (Phi) is 10.2. The van der Waals surface area contributed by atoms with Gasteiger partial charge in [0.1, 0.15) is 12.4 Å². The van der Waals surface area contributed by atoms with Gasteiger partial charge in [0.25, 0.3) is 5.82 Å². The molecule has 0 aliphatic rings. The summed E-state index contributed by atoms with van der Waals surface area (Å²) in [5.41, 5.74) is 1.46. The molecule has 2 heteroatoms. The van der Waals surface area contributed by atoms with Gasteiger partial charge in [-0.1, -0.05) is 76.3 Å². The minimum Gasteiger partial charge on any atom is -0.234 e. The third-order valence-electron chi connectivity index (χ3n) is 5.30. The monoisotopic (exact) mass is 355 g/mol. The highest BCUT2D eigenvalue weighted by molar-refractivity contribution is 5.14. The maximum Gasteiger partial charge on any atom is 0.256 e. The van der Waals surface area contributed by atoms with E-state index in [1.165, 1.54) is 82.7 Å². The summed E-state index contributed by atoms with van der Waals surface area (Å²) in [4.78, 5) is 0. The first-order valence-electron chi connectivity index (χ1n) is 11.0. The number of imidazole rings is 1. The molecule has 0 amide bonds. The van der Waals surface area contributed by atoms with E-state index in [4.69, 9.17) is 0 Å². The normalized spacial score (nSPS) is 11.2. The van der Waals surface area contributed by atoms with Crippen molar-refractivity contribution < 1.29 is 4.57 Å². The van der Waals surface area contributed by atoms with Gasteiger partial charge in [0.2, 0.25) is 0 Å². The molecule has 144 valence electrons. The van der Waals surface area contributed by atoms with Crippen LogP contribution in [-0.2, 0) is 25.9 Å². The van der Waals surface area contributed by atoms with Crippen molar-refractivity contribution in [3.8, 4) is 0 Å². The van der Waals surface area contributed by atoms with Crippen LogP contribution in [0.15, 0.2) is 42.7 Å². The molecular formula is C24H39N2+. The second-order valence-electron chi connectivity index (χ2n) is 7.56. The van der Waals surface area contributed by atoms with Gasteiger partial charge >= 0.3 is 0 Å². The fourth-order valence-electron chi connectivity index (χ4n) is 3.71. The van der Waals surface area contributed by atoms with Gasteiger partial charge in [-0.3, -0.25) is 0 Å². The lowest BCUT2D eigenvalue weighted by Crippen LogP contribution is -2.37. The topological polar surface area (TPSA) is 8.81 Å². The lowest BCUT2D eigenvalue weighted by molar-refractivity contribution is -0.704. The standard InChI is InChI=1S/C24H39N2/c1-3-5-7-12-18-24-25(19-13-8-6-4-2)21-22-26(24)20-14-17-23-15-10-9-11-16-23/h9-11,15-16,21-22H,3-8,12-14,17-20H2,1-2H3/q+1. The Morgan fingerprint density at radius 3 is 2.23 bits per heavy atom. The molecule has 0 N–H and O–H groups in total. The number of rotatable bonds is 14. The van der Waals surface area contributed by atoms with Crippen LogP contribution in [0.2, 0.25) is 0 Å². The van der Waals surface area contributed by atoms with E-state index in [-0.39, 0.29) is 0 Å². The third kappa shape index (κ3) is 7.35. The van der Waals surface area contributed by atoms with E-state index in [1.807, 2.05) is 0 Å². The van der Waals surface area contributed by atoms with E-state index in [1.54, 1.807) is 5.82 Å². The van der Waals surface area contributed by atoms with E-state index < -0.39 is 0 Å². The van der Waals surface area contributed by atoms with Crippen molar-refractivity contribution in [2.75, 3.05) is 0 Å². The molecule has 2 rings (SSSR count). The highest BCUT2D eigenvalue weighted by Crippen LogP contribution is 2.09. The summed E-state index contributed by atoms with van der Waals surface area (Å²) in [7, 11) is 0. The number of nitrogens with zero attached hydrogens (tertiary/aromatic N) is 2.